The van der Waals surface area contributed by atoms with Gasteiger partial charge in [-0.2, -0.15) is 0 Å². The summed E-state index contributed by atoms with van der Waals surface area (Å²) in [5.74, 6) is -0.522. The number of hydrogen-bond donors (Lipinski definition) is 3. The normalized spacial score (nSPS) is 13.4. The number of hydrogen-bond acceptors (Lipinski definition) is 7. The van der Waals surface area contributed by atoms with E-state index in [1.807, 2.05) is 0 Å². The third kappa shape index (κ3) is 45.4. The van der Waals surface area contributed by atoms with Crippen molar-refractivity contribution in [2.45, 2.75) is 238 Å². The van der Waals surface area contributed by atoms with E-state index in [9.17, 15) is 24.2 Å². The van der Waals surface area contributed by atoms with Gasteiger partial charge in [0.25, 0.3) is 0 Å². The Balaban J connectivity index is 3.53. The van der Waals surface area contributed by atoms with Crippen molar-refractivity contribution in [3.8, 4) is 0 Å². The monoisotopic (exact) mass is 828 g/mol. The summed E-state index contributed by atoms with van der Waals surface area (Å²) in [5.41, 5.74) is 0. The predicted molar refractivity (Wildman–Crippen MR) is 238 cm³/mol. The van der Waals surface area contributed by atoms with Crippen molar-refractivity contribution in [3.05, 3.63) is 24.3 Å². The lowest BCUT2D eigenvalue weighted by molar-refractivity contribution is -0.147. The number of phosphoric ester groups is 1. The second-order valence-electron chi connectivity index (χ2n) is 16.1. The highest BCUT2D eigenvalue weighted by Crippen LogP contribution is 2.42. The van der Waals surface area contributed by atoms with Crippen molar-refractivity contribution < 1.29 is 37.9 Å². The van der Waals surface area contributed by atoms with Crippen LogP contribution in [-0.4, -0.2) is 54.3 Å². The number of esters is 1. The summed E-state index contributed by atoms with van der Waals surface area (Å²) in [5, 5.41) is 12.7. The second-order valence-corrected chi connectivity index (χ2v) is 17.5. The Hall–Kier alpha value is -1.51. The van der Waals surface area contributed by atoms with Crippen molar-refractivity contribution in [1.82, 2.24) is 5.32 Å². The summed E-state index contributed by atoms with van der Waals surface area (Å²) in [6.45, 7) is 3.53. The molecule has 2 atom stereocenters. The molecule has 9 nitrogen and oxygen atoms in total. The van der Waals surface area contributed by atoms with Gasteiger partial charge in [0, 0.05) is 19.4 Å². The van der Waals surface area contributed by atoms with Gasteiger partial charge in [-0.15, -0.1) is 0 Å². The van der Waals surface area contributed by atoms with E-state index in [4.69, 9.17) is 13.8 Å². The number of aliphatic hydroxyl groups is 1. The second kappa shape index (κ2) is 44.1. The number of allylic oxidation sites excluding steroid dienone is 4. The first-order valence-corrected chi connectivity index (χ1v) is 25.3. The molecule has 57 heavy (non-hydrogen) atoms. The fraction of sp³-hybridized carbons (Fsp3) is 0.872. The van der Waals surface area contributed by atoms with Gasteiger partial charge in [-0.3, -0.25) is 18.6 Å². The molecule has 2 unspecified atom stereocenters. The van der Waals surface area contributed by atoms with E-state index in [1.54, 1.807) is 0 Å². The van der Waals surface area contributed by atoms with Gasteiger partial charge in [0.05, 0.1) is 13.2 Å². The number of carbonyl (C=O) groups is 2. The van der Waals surface area contributed by atoms with Gasteiger partial charge < -0.3 is 20.1 Å². The molecule has 336 valence electrons. The molecule has 0 aliphatic rings. The third-order valence-corrected chi connectivity index (χ3v) is 11.4. The van der Waals surface area contributed by atoms with E-state index in [0.29, 0.717) is 6.42 Å². The Bertz CT molecular complexity index is 990. The Morgan fingerprint density at radius 1 is 0.544 bits per heavy atom. The van der Waals surface area contributed by atoms with Crippen molar-refractivity contribution in [1.29, 1.82) is 0 Å². The molecule has 0 fully saturated rings. The van der Waals surface area contributed by atoms with E-state index in [0.717, 1.165) is 64.2 Å². The molecule has 0 saturated carbocycles. The first-order valence-electron chi connectivity index (χ1n) is 23.8. The van der Waals surface area contributed by atoms with Crippen LogP contribution in [0.2, 0.25) is 0 Å². The molecule has 0 aromatic carbocycles. The summed E-state index contributed by atoms with van der Waals surface area (Å²) in [7, 11) is -4.42. The molecule has 0 aliphatic heterocycles. The van der Waals surface area contributed by atoms with Crippen LogP contribution in [0.25, 0.3) is 0 Å². The Morgan fingerprint density at radius 3 is 1.46 bits per heavy atom. The molecule has 0 aromatic heterocycles. The Morgan fingerprint density at radius 2 is 0.965 bits per heavy atom. The first-order chi connectivity index (χ1) is 27.8. The minimum atomic E-state index is -4.42. The van der Waals surface area contributed by atoms with Gasteiger partial charge >= 0.3 is 13.8 Å². The number of nitrogens with one attached hydrogen (secondary N) is 1. The summed E-state index contributed by atoms with van der Waals surface area (Å²) in [6.07, 6.45) is 48.3. The maximum Gasteiger partial charge on any atom is 0.472 e. The van der Waals surface area contributed by atoms with Crippen molar-refractivity contribution in [2.75, 3.05) is 26.4 Å². The zero-order chi connectivity index (χ0) is 41.8. The number of ether oxygens (including phenoxy) is 1. The number of carbonyl (C=O) groups excluding carboxylic acids is 2. The van der Waals surface area contributed by atoms with Gasteiger partial charge in [-0.1, -0.05) is 205 Å². The SMILES string of the molecule is CCCC/C=C\C/C=C\CCCCCCCC(=O)OCC(O)COP(=O)(O)OCCNC(=O)CCCCCCCCCCCCCCCCCCCCCCCC. The molecular formula is C47H90NO8P. The van der Waals surface area contributed by atoms with Crippen LogP contribution in [-0.2, 0) is 27.9 Å². The van der Waals surface area contributed by atoms with Crippen molar-refractivity contribution in [3.63, 3.8) is 0 Å². The average molecular weight is 828 g/mol. The van der Waals surface area contributed by atoms with E-state index in [-0.39, 0.29) is 32.1 Å². The highest BCUT2D eigenvalue weighted by atomic mass is 31.2. The maximum atomic E-state index is 12.1. The van der Waals surface area contributed by atoms with E-state index in [1.165, 1.54) is 141 Å². The van der Waals surface area contributed by atoms with E-state index < -0.39 is 26.5 Å². The summed E-state index contributed by atoms with van der Waals surface area (Å²) in [4.78, 5) is 34.0. The minimum Gasteiger partial charge on any atom is -0.463 e. The first kappa shape index (κ1) is 55.5. The van der Waals surface area contributed by atoms with Gasteiger partial charge in [0.1, 0.15) is 12.7 Å². The molecule has 0 rings (SSSR count). The quantitative estimate of drug-likeness (QED) is 0.0239. The highest BCUT2D eigenvalue weighted by molar-refractivity contribution is 7.47. The standard InChI is InChI=1S/C47H90NO8P/c1-3-5-7-9-11-13-15-17-19-20-21-22-23-24-25-26-27-29-31-33-35-37-39-46(50)48-41-42-55-57(52,53)56-44-45(49)43-54-47(51)40-38-36-34-32-30-28-18-16-14-12-10-8-6-4-2/h10,12,16,18,45,49H,3-9,11,13-15,17,19-44H2,1-2H3,(H,48,50)(H,52,53)/b12-10-,18-16-. The molecule has 0 radical (unpaired) electrons. The largest absolute Gasteiger partial charge is 0.472 e. The number of amides is 1. The molecular weight excluding hydrogens is 737 g/mol. The minimum absolute atomic E-state index is 0.0837. The smallest absolute Gasteiger partial charge is 0.463 e. The lowest BCUT2D eigenvalue weighted by atomic mass is 10.0. The fourth-order valence-electron chi connectivity index (χ4n) is 6.75. The number of unbranched alkanes of at least 4 members (excludes halogenated alkanes) is 28. The van der Waals surface area contributed by atoms with Crippen LogP contribution in [0, 0.1) is 0 Å². The lowest BCUT2D eigenvalue weighted by Crippen LogP contribution is -2.27. The third-order valence-electron chi connectivity index (χ3n) is 10.4. The number of phosphoric acid groups is 1. The number of rotatable bonds is 45. The summed E-state index contributed by atoms with van der Waals surface area (Å²) in [6, 6.07) is 0. The molecule has 0 saturated heterocycles. The zero-order valence-corrected chi connectivity index (χ0v) is 37.9. The Labute approximate surface area is 350 Å². The van der Waals surface area contributed by atoms with Crippen LogP contribution in [0.4, 0.5) is 0 Å². The van der Waals surface area contributed by atoms with Crippen LogP contribution >= 0.6 is 7.82 Å². The van der Waals surface area contributed by atoms with Gasteiger partial charge in [0.2, 0.25) is 5.91 Å². The van der Waals surface area contributed by atoms with Gasteiger partial charge in [-0.05, 0) is 38.5 Å². The van der Waals surface area contributed by atoms with Crippen LogP contribution in [0.15, 0.2) is 24.3 Å². The van der Waals surface area contributed by atoms with Gasteiger partial charge in [-0.25, -0.2) is 4.57 Å². The Kier molecular flexibility index (Phi) is 42.9. The molecule has 0 aromatic rings. The average Bonchev–Trinajstić information content (AvgIpc) is 3.20. The van der Waals surface area contributed by atoms with Crippen LogP contribution in [0.5, 0.6) is 0 Å². The molecule has 0 aliphatic carbocycles. The summed E-state index contributed by atoms with van der Waals surface area (Å²) >= 11 is 0. The van der Waals surface area contributed by atoms with Crippen LogP contribution < -0.4 is 5.32 Å². The van der Waals surface area contributed by atoms with Crippen LogP contribution in [0.3, 0.4) is 0 Å². The number of aliphatic hydroxyl groups excluding tert-OH is 1. The van der Waals surface area contributed by atoms with Crippen molar-refractivity contribution in [2.24, 2.45) is 0 Å². The molecule has 0 heterocycles. The zero-order valence-electron chi connectivity index (χ0n) is 37.0. The van der Waals surface area contributed by atoms with E-state index >= 15 is 0 Å². The highest BCUT2D eigenvalue weighted by Gasteiger charge is 2.23. The topological polar surface area (TPSA) is 131 Å². The molecule has 10 heteroatoms. The molecule has 1 amide bonds. The lowest BCUT2D eigenvalue weighted by Gasteiger charge is -2.15. The van der Waals surface area contributed by atoms with Crippen molar-refractivity contribution >= 4 is 19.7 Å². The molecule has 0 bridgehead atoms. The molecule has 3 N–H and O–H groups in total. The van der Waals surface area contributed by atoms with E-state index in [2.05, 4.69) is 43.5 Å². The maximum absolute atomic E-state index is 12.1. The predicted octanol–water partition coefficient (Wildman–Crippen LogP) is 13.6. The molecule has 0 spiro atoms. The van der Waals surface area contributed by atoms with Gasteiger partial charge in [0.15, 0.2) is 0 Å². The fourth-order valence-corrected chi connectivity index (χ4v) is 7.51. The summed E-state index contributed by atoms with van der Waals surface area (Å²) < 4.78 is 26.9. The van der Waals surface area contributed by atoms with Crippen LogP contribution in [0.1, 0.15) is 232 Å².